The molecule has 0 bridgehead atoms. The van der Waals surface area contributed by atoms with E-state index in [2.05, 4.69) is 225 Å². The molecule has 1 aromatic heterocycles. The lowest BCUT2D eigenvalue weighted by Crippen LogP contribution is -2.15. The van der Waals surface area contributed by atoms with Gasteiger partial charge in [0, 0.05) is 38.6 Å². The lowest BCUT2D eigenvalue weighted by atomic mass is 9.82. The summed E-state index contributed by atoms with van der Waals surface area (Å²) in [5.74, 6) is 0. The van der Waals surface area contributed by atoms with Gasteiger partial charge in [0.05, 0.1) is 11.4 Å². The van der Waals surface area contributed by atoms with E-state index in [0.717, 1.165) is 50.1 Å². The highest BCUT2D eigenvalue weighted by atomic mass is 16.3. The van der Waals surface area contributed by atoms with E-state index < -0.39 is 0 Å². The first-order valence-electron chi connectivity index (χ1n) is 21.2. The molecule has 10 aromatic carbocycles. The van der Waals surface area contributed by atoms with Crippen LogP contribution in [0.4, 0.5) is 17.1 Å². The zero-order valence-electron chi connectivity index (χ0n) is 34.1. The van der Waals surface area contributed by atoms with Gasteiger partial charge in [-0.3, -0.25) is 0 Å². The van der Waals surface area contributed by atoms with Gasteiger partial charge in [-0.2, -0.15) is 0 Å². The van der Waals surface area contributed by atoms with E-state index in [1.54, 1.807) is 0 Å². The third-order valence-electron chi connectivity index (χ3n) is 13.1. The molecule has 1 heterocycles. The van der Waals surface area contributed by atoms with Crippen molar-refractivity contribution in [3.05, 3.63) is 223 Å². The zero-order chi connectivity index (χ0) is 40.7. The molecule has 61 heavy (non-hydrogen) atoms. The number of hydrogen-bond donors (Lipinski definition) is 0. The average molecular weight is 780 g/mol. The molecule has 0 radical (unpaired) electrons. The smallest absolute Gasteiger partial charge is 0.143 e. The minimum absolute atomic E-state index is 0.113. The second-order valence-corrected chi connectivity index (χ2v) is 16.8. The van der Waals surface area contributed by atoms with Gasteiger partial charge in [0.1, 0.15) is 11.2 Å². The normalized spacial score (nSPS) is 12.9. The van der Waals surface area contributed by atoms with Crippen LogP contribution in [0.3, 0.4) is 0 Å². The molecule has 0 aliphatic heterocycles. The number of nitrogens with zero attached hydrogens (tertiary/aromatic N) is 1. The monoisotopic (exact) mass is 779 g/mol. The first kappa shape index (κ1) is 35.3. The molecule has 11 aromatic rings. The third kappa shape index (κ3) is 5.42. The SMILES string of the molecule is CC1(C)c2ccccc2-c2c(-c3ccccc3N(c3ccc(-c4cccc5c4ccc4ccccc45)cc3)c3ccccc3-c3cccc4c3oc3ccccc34)cccc21. The molecule has 0 saturated heterocycles. The first-order chi connectivity index (χ1) is 30.0. The maximum absolute atomic E-state index is 6.69. The molecule has 0 unspecified atom stereocenters. The first-order valence-corrected chi connectivity index (χ1v) is 21.2. The number of anilines is 3. The molecule has 2 nitrogen and oxygen atoms in total. The fourth-order valence-electron chi connectivity index (χ4n) is 10.2. The molecule has 0 saturated carbocycles. The van der Waals surface area contributed by atoms with Gasteiger partial charge in [-0.25, -0.2) is 0 Å². The lowest BCUT2D eigenvalue weighted by molar-refractivity contribution is 0.660. The molecule has 2 heteroatoms. The maximum Gasteiger partial charge on any atom is 0.143 e. The summed E-state index contributed by atoms with van der Waals surface area (Å²) >= 11 is 0. The number of para-hydroxylation sites is 4. The Morgan fingerprint density at radius 1 is 0.361 bits per heavy atom. The molecule has 0 fully saturated rings. The van der Waals surface area contributed by atoms with Crippen molar-refractivity contribution >= 4 is 60.5 Å². The van der Waals surface area contributed by atoms with Crippen molar-refractivity contribution in [1.82, 2.24) is 0 Å². The van der Waals surface area contributed by atoms with E-state index in [1.807, 2.05) is 6.07 Å². The summed E-state index contributed by atoms with van der Waals surface area (Å²) in [6.45, 7) is 4.71. The summed E-state index contributed by atoms with van der Waals surface area (Å²) in [6, 6.07) is 77.4. The third-order valence-corrected chi connectivity index (χ3v) is 13.1. The summed E-state index contributed by atoms with van der Waals surface area (Å²) in [4.78, 5) is 2.46. The van der Waals surface area contributed by atoms with Crippen LogP contribution in [-0.4, -0.2) is 0 Å². The van der Waals surface area contributed by atoms with Gasteiger partial charge >= 0.3 is 0 Å². The van der Waals surface area contributed by atoms with E-state index in [9.17, 15) is 0 Å². The molecule has 0 N–H and O–H groups in total. The molecular formula is C59H41NO. The van der Waals surface area contributed by atoms with Crippen molar-refractivity contribution in [3.8, 4) is 44.5 Å². The summed E-state index contributed by atoms with van der Waals surface area (Å²) in [6.07, 6.45) is 0. The van der Waals surface area contributed by atoms with Gasteiger partial charge in [0.25, 0.3) is 0 Å². The maximum atomic E-state index is 6.69. The molecule has 0 spiro atoms. The Balaban J connectivity index is 1.09. The number of hydrogen-bond acceptors (Lipinski definition) is 2. The summed E-state index contributed by atoms with van der Waals surface area (Å²) in [5, 5.41) is 7.28. The summed E-state index contributed by atoms with van der Waals surface area (Å²) < 4.78 is 6.69. The fraction of sp³-hybridized carbons (Fsp3) is 0.0508. The lowest BCUT2D eigenvalue weighted by Gasteiger charge is -2.30. The van der Waals surface area contributed by atoms with Gasteiger partial charge < -0.3 is 9.32 Å². The van der Waals surface area contributed by atoms with Gasteiger partial charge in [0.2, 0.25) is 0 Å². The van der Waals surface area contributed by atoms with Crippen LogP contribution in [0.5, 0.6) is 0 Å². The van der Waals surface area contributed by atoms with Gasteiger partial charge in [-0.15, -0.1) is 0 Å². The van der Waals surface area contributed by atoms with Crippen LogP contribution in [0.25, 0.3) is 88.0 Å². The van der Waals surface area contributed by atoms with E-state index in [0.29, 0.717) is 0 Å². The fourth-order valence-corrected chi connectivity index (χ4v) is 10.2. The van der Waals surface area contributed by atoms with E-state index in [1.165, 1.54) is 66.1 Å². The van der Waals surface area contributed by atoms with Gasteiger partial charge in [-0.05, 0) is 90.8 Å². The second kappa shape index (κ2) is 13.7. The van der Waals surface area contributed by atoms with Crippen molar-refractivity contribution in [2.45, 2.75) is 19.3 Å². The zero-order valence-corrected chi connectivity index (χ0v) is 34.1. The van der Waals surface area contributed by atoms with Gasteiger partial charge in [-0.1, -0.05) is 196 Å². The van der Waals surface area contributed by atoms with Crippen LogP contribution in [0, 0.1) is 0 Å². The van der Waals surface area contributed by atoms with Crippen molar-refractivity contribution in [1.29, 1.82) is 0 Å². The van der Waals surface area contributed by atoms with Crippen LogP contribution in [0.2, 0.25) is 0 Å². The summed E-state index contributed by atoms with van der Waals surface area (Å²) in [7, 11) is 0. The van der Waals surface area contributed by atoms with Crippen LogP contribution >= 0.6 is 0 Å². The highest BCUT2D eigenvalue weighted by Gasteiger charge is 2.37. The van der Waals surface area contributed by atoms with Crippen LogP contribution in [-0.2, 0) is 5.41 Å². The van der Waals surface area contributed by atoms with Crippen molar-refractivity contribution in [2.24, 2.45) is 0 Å². The quantitative estimate of drug-likeness (QED) is 0.156. The van der Waals surface area contributed by atoms with Crippen molar-refractivity contribution in [3.63, 3.8) is 0 Å². The number of rotatable bonds is 6. The van der Waals surface area contributed by atoms with E-state index >= 15 is 0 Å². The molecule has 0 atom stereocenters. The minimum Gasteiger partial charge on any atom is -0.455 e. The van der Waals surface area contributed by atoms with Crippen LogP contribution < -0.4 is 4.90 Å². The topological polar surface area (TPSA) is 16.4 Å². The standard InChI is InChI=1S/C59H41NO/c1-59(2)52-27-9-5-21-51(52)57-48(24-15-28-53(57)59)45-18-6-10-29-54(45)60(55-30-11-7-19-46(55)49-25-14-26-50-47-20-8-12-31-56(47)61-58(49)50)40-35-32-39(33-36-40)42-22-13-23-43-41-17-4-3-16-38(41)34-37-44(42)43/h3-37H,1-2H3. The molecule has 1 aliphatic rings. The van der Waals surface area contributed by atoms with E-state index in [-0.39, 0.29) is 5.41 Å². The Hall–Kier alpha value is -7.68. The average Bonchev–Trinajstić information content (AvgIpc) is 3.81. The largest absolute Gasteiger partial charge is 0.455 e. The Labute approximate surface area is 355 Å². The van der Waals surface area contributed by atoms with Crippen LogP contribution in [0.1, 0.15) is 25.0 Å². The highest BCUT2D eigenvalue weighted by molar-refractivity contribution is 6.13. The van der Waals surface area contributed by atoms with Crippen molar-refractivity contribution in [2.75, 3.05) is 4.90 Å². The predicted molar refractivity (Wildman–Crippen MR) is 257 cm³/mol. The molecule has 12 rings (SSSR count). The Morgan fingerprint density at radius 2 is 0.918 bits per heavy atom. The molecule has 288 valence electrons. The van der Waals surface area contributed by atoms with Crippen molar-refractivity contribution < 1.29 is 4.42 Å². The molecule has 0 amide bonds. The van der Waals surface area contributed by atoms with E-state index in [4.69, 9.17) is 4.42 Å². The predicted octanol–water partition coefficient (Wildman–Crippen LogP) is 16.7. The number of furan rings is 1. The molecular weight excluding hydrogens is 739 g/mol. The highest BCUT2D eigenvalue weighted by Crippen LogP contribution is 2.54. The number of fused-ring (bicyclic) bond motifs is 9. The van der Waals surface area contributed by atoms with Gasteiger partial charge in [0.15, 0.2) is 0 Å². The Bertz CT molecular complexity index is 3520. The van der Waals surface area contributed by atoms with Crippen LogP contribution in [0.15, 0.2) is 217 Å². The molecule has 1 aliphatic carbocycles. The second-order valence-electron chi connectivity index (χ2n) is 16.8. The minimum atomic E-state index is -0.113. The Kier molecular flexibility index (Phi) is 7.92. The Morgan fingerprint density at radius 3 is 1.72 bits per heavy atom. The summed E-state index contributed by atoms with van der Waals surface area (Å²) in [5.41, 5.74) is 17.2. The number of benzene rings is 10.